The lowest BCUT2D eigenvalue weighted by Crippen LogP contribution is -2.61. The van der Waals surface area contributed by atoms with Crippen LogP contribution in [0.25, 0.3) is 0 Å². The summed E-state index contributed by atoms with van der Waals surface area (Å²) in [5.41, 5.74) is -1.55. The van der Waals surface area contributed by atoms with Crippen molar-refractivity contribution in [3.63, 3.8) is 0 Å². The van der Waals surface area contributed by atoms with E-state index in [4.69, 9.17) is 5.11 Å². The van der Waals surface area contributed by atoms with E-state index >= 15 is 0 Å². The Morgan fingerprint density at radius 1 is 0.657 bits per heavy atom. The molecule has 23 heteroatoms. The SMILES string of the molecule is CC[C@H](C)[C@H](NC(=O)[C@H](CC(C)C)NC(=O)[C@@H](CCC(=O)O)NC(=O)[C@H](CC(=O)O)NC(=O)CCC(=O)O)C(=O)N[C@@H](CC1CCCCC1)C(=O)NC1(C(=O)NS(=O)(=O)c2ccccc2)CC1. The fraction of sp³-hybridized carbons (Fsp3) is 0.636. The van der Waals surface area contributed by atoms with Crippen molar-refractivity contribution >= 4 is 69.3 Å². The van der Waals surface area contributed by atoms with Crippen molar-refractivity contribution in [2.75, 3.05) is 0 Å². The third-order valence-corrected chi connectivity index (χ3v) is 13.1. The topological polar surface area (TPSA) is 350 Å². The molecule has 22 nitrogen and oxygen atoms in total. The molecule has 1 aromatic rings. The van der Waals surface area contributed by atoms with Crippen molar-refractivity contribution in [2.45, 2.75) is 165 Å². The molecule has 0 heterocycles. The van der Waals surface area contributed by atoms with E-state index in [2.05, 4.69) is 31.9 Å². The summed E-state index contributed by atoms with van der Waals surface area (Å²) in [7, 11) is -4.27. The zero-order valence-corrected chi connectivity index (χ0v) is 39.1. The van der Waals surface area contributed by atoms with Gasteiger partial charge in [-0.1, -0.05) is 84.4 Å². The number of carboxylic acid groups (broad SMARTS) is 3. The normalized spacial score (nSPS) is 17.1. The van der Waals surface area contributed by atoms with Crippen LogP contribution >= 0.6 is 0 Å². The summed E-state index contributed by atoms with van der Waals surface area (Å²) < 4.78 is 28.0. The van der Waals surface area contributed by atoms with Crippen LogP contribution in [0.5, 0.6) is 0 Å². The Balaban J connectivity index is 1.84. The fourth-order valence-corrected chi connectivity index (χ4v) is 8.67. The van der Waals surface area contributed by atoms with Crippen LogP contribution in [-0.2, 0) is 58.0 Å². The van der Waals surface area contributed by atoms with Gasteiger partial charge in [-0.2, -0.15) is 0 Å². The fourth-order valence-electron chi connectivity index (χ4n) is 7.60. The van der Waals surface area contributed by atoms with Gasteiger partial charge in [-0.15, -0.1) is 0 Å². The highest BCUT2D eigenvalue weighted by atomic mass is 32.2. The van der Waals surface area contributed by atoms with Crippen LogP contribution in [0.15, 0.2) is 35.2 Å². The third kappa shape index (κ3) is 18.2. The molecule has 1 aromatic carbocycles. The summed E-state index contributed by atoms with van der Waals surface area (Å²) >= 11 is 0. The number of aliphatic carboxylic acids is 3. The van der Waals surface area contributed by atoms with E-state index in [-0.39, 0.29) is 42.4 Å². The minimum atomic E-state index is -4.27. The molecule has 0 bridgehead atoms. The molecule has 0 radical (unpaired) electrons. The molecule has 2 aliphatic carbocycles. The molecule has 2 fully saturated rings. The standard InChI is InChI=1S/C44H65N7O15S/c1-5-26(4)37(42(63)48-31(23-27-12-8-6-9-13-27)41(62)50-44(20-21-44)43(64)51-67(65,66)28-14-10-7-11-15-28)49-40(61)30(22-25(2)3)47-38(59)29(16-18-34(53)54)46-39(60)32(24-36(57)58)45-33(52)17-19-35(55)56/h7,10-11,14-15,25-27,29-32,37H,5-6,8-9,12-13,16-24H2,1-4H3,(H,45,52)(H,46,60)(H,47,59)(H,48,63)(H,49,61)(H,50,62)(H,51,64)(H,53,54)(H,55,56)(H,57,58)/t26-,29+,30-,31-,32-,37-/m0/s1. The number of carboxylic acids is 3. The number of hydrogen-bond acceptors (Lipinski definition) is 12. The van der Waals surface area contributed by atoms with Gasteiger partial charge in [-0.3, -0.25) is 47.9 Å². The highest BCUT2D eigenvalue weighted by Crippen LogP contribution is 2.37. The molecule has 372 valence electrons. The van der Waals surface area contributed by atoms with E-state index in [9.17, 15) is 66.6 Å². The van der Waals surface area contributed by atoms with Gasteiger partial charge in [0.05, 0.1) is 17.7 Å². The van der Waals surface area contributed by atoms with Crippen molar-refractivity contribution in [3.8, 4) is 0 Å². The van der Waals surface area contributed by atoms with Crippen molar-refractivity contribution in [2.24, 2.45) is 17.8 Å². The molecule has 10 N–H and O–H groups in total. The quantitative estimate of drug-likeness (QED) is 0.0556. The van der Waals surface area contributed by atoms with Crippen LogP contribution in [0, 0.1) is 17.8 Å². The maximum Gasteiger partial charge on any atom is 0.305 e. The van der Waals surface area contributed by atoms with Gasteiger partial charge in [0.15, 0.2) is 0 Å². The van der Waals surface area contributed by atoms with Crippen LogP contribution in [0.4, 0.5) is 0 Å². The van der Waals surface area contributed by atoms with E-state index in [0.717, 1.165) is 32.1 Å². The number of sulfonamides is 1. The zero-order chi connectivity index (χ0) is 50.1. The number of carbonyl (C=O) groups excluding carboxylic acids is 7. The minimum absolute atomic E-state index is 0.0237. The van der Waals surface area contributed by atoms with Crippen molar-refractivity contribution in [1.29, 1.82) is 0 Å². The first-order chi connectivity index (χ1) is 31.5. The molecule has 67 heavy (non-hydrogen) atoms. The number of rotatable bonds is 28. The van der Waals surface area contributed by atoms with Crippen molar-refractivity contribution in [3.05, 3.63) is 30.3 Å². The summed E-state index contributed by atoms with van der Waals surface area (Å²) in [6.45, 7) is 6.91. The average molecular weight is 964 g/mol. The molecule has 0 unspecified atom stereocenters. The van der Waals surface area contributed by atoms with Gasteiger partial charge in [0.25, 0.3) is 15.9 Å². The molecule has 0 saturated heterocycles. The number of carbonyl (C=O) groups is 10. The van der Waals surface area contributed by atoms with Gasteiger partial charge in [-0.25, -0.2) is 13.1 Å². The molecular formula is C44H65N7O15S. The number of hydrogen-bond donors (Lipinski definition) is 10. The van der Waals surface area contributed by atoms with E-state index in [1.807, 2.05) is 4.72 Å². The molecule has 0 spiro atoms. The average Bonchev–Trinajstić information content (AvgIpc) is 4.05. The first-order valence-electron chi connectivity index (χ1n) is 22.6. The molecule has 0 aliphatic heterocycles. The Hall–Kier alpha value is -6.13. The van der Waals surface area contributed by atoms with E-state index in [1.54, 1.807) is 33.8 Å². The Morgan fingerprint density at radius 3 is 1.78 bits per heavy atom. The van der Waals surface area contributed by atoms with Crippen LogP contribution < -0.4 is 36.6 Å². The van der Waals surface area contributed by atoms with E-state index in [1.165, 1.54) is 24.3 Å². The smallest absolute Gasteiger partial charge is 0.305 e. The van der Waals surface area contributed by atoms with Crippen LogP contribution in [0.2, 0.25) is 0 Å². The largest absolute Gasteiger partial charge is 0.481 e. The molecule has 7 amide bonds. The zero-order valence-electron chi connectivity index (χ0n) is 38.3. The summed E-state index contributed by atoms with van der Waals surface area (Å²) in [5.74, 6) is -11.5. The van der Waals surface area contributed by atoms with E-state index < -0.39 is 143 Å². The van der Waals surface area contributed by atoms with E-state index in [0.29, 0.717) is 6.42 Å². The lowest BCUT2D eigenvalue weighted by atomic mass is 9.84. The van der Waals surface area contributed by atoms with Crippen LogP contribution in [-0.4, -0.2) is 119 Å². The molecular weight excluding hydrogens is 899 g/mol. The molecule has 6 atom stereocenters. The summed E-state index contributed by atoms with van der Waals surface area (Å²) in [4.78, 5) is 129. The van der Waals surface area contributed by atoms with Gasteiger partial charge in [0.2, 0.25) is 35.4 Å². The number of amides is 7. The lowest BCUT2D eigenvalue weighted by molar-refractivity contribution is -0.142. The van der Waals surface area contributed by atoms with Gasteiger partial charge in [0.1, 0.15) is 35.7 Å². The third-order valence-electron chi connectivity index (χ3n) is 11.8. The van der Waals surface area contributed by atoms with Gasteiger partial charge >= 0.3 is 17.9 Å². The monoisotopic (exact) mass is 963 g/mol. The summed E-state index contributed by atoms with van der Waals surface area (Å²) in [6.07, 6.45) is 1.75. The Morgan fingerprint density at radius 2 is 1.22 bits per heavy atom. The predicted octanol–water partition coefficient (Wildman–Crippen LogP) is 0.831. The summed E-state index contributed by atoms with van der Waals surface area (Å²) in [5, 5.41) is 42.7. The number of benzene rings is 1. The molecule has 2 aliphatic rings. The number of nitrogens with one attached hydrogen (secondary N) is 7. The van der Waals surface area contributed by atoms with Crippen molar-refractivity contribution < 1.29 is 71.7 Å². The minimum Gasteiger partial charge on any atom is -0.481 e. The highest BCUT2D eigenvalue weighted by Gasteiger charge is 2.53. The second kappa shape index (κ2) is 25.7. The van der Waals surface area contributed by atoms with Crippen LogP contribution in [0.1, 0.15) is 124 Å². The Kier molecular flexibility index (Phi) is 21.2. The predicted molar refractivity (Wildman–Crippen MR) is 238 cm³/mol. The van der Waals surface area contributed by atoms with Crippen LogP contribution in [0.3, 0.4) is 0 Å². The highest BCUT2D eigenvalue weighted by molar-refractivity contribution is 7.90. The lowest BCUT2D eigenvalue weighted by Gasteiger charge is -2.31. The Bertz CT molecular complexity index is 2070. The van der Waals surface area contributed by atoms with Gasteiger partial charge in [-0.05, 0) is 62.0 Å². The second-order valence-electron chi connectivity index (χ2n) is 17.8. The maximum absolute atomic E-state index is 14.3. The summed E-state index contributed by atoms with van der Waals surface area (Å²) in [6, 6.07) is -0.117. The molecule has 2 saturated carbocycles. The van der Waals surface area contributed by atoms with Gasteiger partial charge < -0.3 is 47.2 Å². The second-order valence-corrected chi connectivity index (χ2v) is 19.5. The first kappa shape index (κ1) is 55.2. The first-order valence-corrected chi connectivity index (χ1v) is 24.1. The molecule has 3 rings (SSSR count). The maximum atomic E-state index is 14.3. The molecule has 0 aromatic heterocycles. The van der Waals surface area contributed by atoms with Crippen molar-refractivity contribution in [1.82, 2.24) is 36.6 Å². The Labute approximate surface area is 389 Å². The van der Waals surface area contributed by atoms with Gasteiger partial charge in [0, 0.05) is 12.8 Å².